The summed E-state index contributed by atoms with van der Waals surface area (Å²) in [5.74, 6) is 1.11. The Kier molecular flexibility index (Phi) is 7.96. The molecule has 1 fully saturated rings. The third kappa shape index (κ3) is 5.81. The Labute approximate surface area is 241 Å². The predicted octanol–water partition coefficient (Wildman–Crippen LogP) is 5.58. The van der Waals surface area contributed by atoms with Crippen molar-refractivity contribution >= 4 is 23.2 Å². The zero-order valence-electron chi connectivity index (χ0n) is 23.4. The van der Waals surface area contributed by atoms with Crippen molar-refractivity contribution in [2.75, 3.05) is 36.8 Å². The molecule has 0 atom stereocenters. The fourth-order valence-corrected chi connectivity index (χ4v) is 6.15. The van der Waals surface area contributed by atoms with Crippen LogP contribution in [0.25, 0.3) is 5.69 Å². The van der Waals surface area contributed by atoms with Crippen molar-refractivity contribution in [3.05, 3.63) is 107 Å². The molecule has 1 saturated heterocycles. The third-order valence-corrected chi connectivity index (χ3v) is 8.45. The number of carbonyl (C=O) groups excluding carboxylic acids is 2. The molecule has 2 N–H and O–H groups in total. The standard InChI is InChI=1S/C34H37N5O2/c35-28-17-15-27(16-18-28)34(41)38(24-23-37-21-19-26(20-22-37)32(40)25-9-3-1-4-10-25)33-30-13-7-8-14-31(30)36-39(33)29-11-5-2-6-12-29/h1-6,9-12,15-18,26H,7-8,13-14,19-24,35H2. The molecule has 0 radical (unpaired) electrons. The fraction of sp³-hybridized carbons (Fsp3) is 0.324. The highest BCUT2D eigenvalue weighted by atomic mass is 16.2. The topological polar surface area (TPSA) is 84.5 Å². The van der Waals surface area contributed by atoms with Crippen LogP contribution in [-0.2, 0) is 12.8 Å². The number of anilines is 2. The lowest BCUT2D eigenvalue weighted by atomic mass is 9.89. The van der Waals surface area contributed by atoms with Crippen molar-refractivity contribution in [3.63, 3.8) is 0 Å². The molecule has 7 nitrogen and oxygen atoms in total. The molecule has 1 amide bonds. The van der Waals surface area contributed by atoms with Crippen LogP contribution in [0.3, 0.4) is 0 Å². The minimum atomic E-state index is -0.0513. The molecule has 1 aliphatic heterocycles. The van der Waals surface area contributed by atoms with E-state index in [0.29, 0.717) is 17.8 Å². The van der Waals surface area contributed by atoms with Gasteiger partial charge in [-0.3, -0.25) is 14.5 Å². The average Bonchev–Trinajstić information content (AvgIpc) is 3.42. The van der Waals surface area contributed by atoms with Gasteiger partial charge in [-0.15, -0.1) is 0 Å². The number of hydrogen-bond acceptors (Lipinski definition) is 5. The van der Waals surface area contributed by atoms with Gasteiger partial charge in [0, 0.05) is 41.4 Å². The summed E-state index contributed by atoms with van der Waals surface area (Å²) in [7, 11) is 0. The van der Waals surface area contributed by atoms with Crippen LogP contribution in [0.5, 0.6) is 0 Å². The normalized spacial score (nSPS) is 15.8. The molecule has 2 aliphatic rings. The van der Waals surface area contributed by atoms with Crippen molar-refractivity contribution < 1.29 is 9.59 Å². The summed E-state index contributed by atoms with van der Waals surface area (Å²) in [4.78, 5) is 31.5. The lowest BCUT2D eigenvalue weighted by Crippen LogP contribution is -2.43. The highest BCUT2D eigenvalue weighted by Crippen LogP contribution is 2.34. The Morgan fingerprint density at radius 3 is 2.20 bits per heavy atom. The van der Waals surface area contributed by atoms with Crippen molar-refractivity contribution in [1.29, 1.82) is 0 Å². The Balaban J connectivity index is 1.26. The fourth-order valence-electron chi connectivity index (χ4n) is 6.15. The van der Waals surface area contributed by atoms with Gasteiger partial charge < -0.3 is 10.6 Å². The molecule has 3 aromatic carbocycles. The number of nitrogens with two attached hydrogens (primary N) is 1. The van der Waals surface area contributed by atoms with E-state index in [4.69, 9.17) is 10.8 Å². The van der Waals surface area contributed by atoms with Crippen LogP contribution in [0.4, 0.5) is 11.5 Å². The molecule has 0 unspecified atom stereocenters. The first kappa shape index (κ1) is 27.0. The smallest absolute Gasteiger partial charge is 0.259 e. The number of likely N-dealkylation sites (tertiary alicyclic amines) is 1. The predicted molar refractivity (Wildman–Crippen MR) is 163 cm³/mol. The summed E-state index contributed by atoms with van der Waals surface area (Å²) in [6.07, 6.45) is 5.70. The van der Waals surface area contributed by atoms with E-state index in [9.17, 15) is 9.59 Å². The Morgan fingerprint density at radius 1 is 0.829 bits per heavy atom. The van der Waals surface area contributed by atoms with Gasteiger partial charge in [0.05, 0.1) is 11.4 Å². The summed E-state index contributed by atoms with van der Waals surface area (Å²) >= 11 is 0. The van der Waals surface area contributed by atoms with Crippen LogP contribution < -0.4 is 10.6 Å². The van der Waals surface area contributed by atoms with Crippen molar-refractivity contribution in [2.24, 2.45) is 5.92 Å². The SMILES string of the molecule is Nc1ccc(C(=O)N(CCN2CCC(C(=O)c3ccccc3)CC2)c2c3c(nn2-c2ccccc2)CCCC3)cc1. The zero-order chi connectivity index (χ0) is 28.2. The molecule has 210 valence electrons. The van der Waals surface area contributed by atoms with Crippen LogP contribution in [0.1, 0.15) is 57.7 Å². The van der Waals surface area contributed by atoms with E-state index in [1.807, 2.05) is 70.2 Å². The molecule has 0 spiro atoms. The van der Waals surface area contributed by atoms with E-state index in [1.54, 1.807) is 24.3 Å². The Hall–Kier alpha value is -4.23. The van der Waals surface area contributed by atoms with Crippen LogP contribution in [0, 0.1) is 5.92 Å². The molecule has 41 heavy (non-hydrogen) atoms. The van der Waals surface area contributed by atoms with Gasteiger partial charge in [-0.05, 0) is 88.0 Å². The van der Waals surface area contributed by atoms with E-state index in [0.717, 1.165) is 80.9 Å². The second-order valence-corrected chi connectivity index (χ2v) is 11.1. The first-order valence-electron chi connectivity index (χ1n) is 14.7. The monoisotopic (exact) mass is 547 g/mol. The van der Waals surface area contributed by atoms with Gasteiger partial charge in [0.1, 0.15) is 5.82 Å². The second kappa shape index (κ2) is 12.1. The lowest BCUT2D eigenvalue weighted by molar-refractivity contribution is 0.0841. The van der Waals surface area contributed by atoms with E-state index >= 15 is 0 Å². The number of piperidine rings is 1. The number of aryl methyl sites for hydroxylation is 1. The third-order valence-electron chi connectivity index (χ3n) is 8.45. The van der Waals surface area contributed by atoms with Crippen molar-refractivity contribution in [3.8, 4) is 5.69 Å². The van der Waals surface area contributed by atoms with Gasteiger partial charge >= 0.3 is 0 Å². The van der Waals surface area contributed by atoms with Gasteiger partial charge in [-0.1, -0.05) is 48.5 Å². The minimum Gasteiger partial charge on any atom is -0.399 e. The molecule has 1 aliphatic carbocycles. The number of rotatable bonds is 8. The molecular weight excluding hydrogens is 510 g/mol. The number of nitrogens with zero attached hydrogens (tertiary/aromatic N) is 4. The molecule has 6 rings (SSSR count). The molecule has 0 saturated carbocycles. The summed E-state index contributed by atoms with van der Waals surface area (Å²) < 4.78 is 1.97. The summed E-state index contributed by atoms with van der Waals surface area (Å²) in [5.41, 5.74) is 11.2. The van der Waals surface area contributed by atoms with E-state index in [1.165, 1.54) is 5.56 Å². The average molecular weight is 548 g/mol. The second-order valence-electron chi connectivity index (χ2n) is 11.1. The first-order valence-corrected chi connectivity index (χ1v) is 14.7. The maximum atomic E-state index is 14.2. The van der Waals surface area contributed by atoms with E-state index < -0.39 is 0 Å². The maximum Gasteiger partial charge on any atom is 0.259 e. The first-order chi connectivity index (χ1) is 20.1. The summed E-state index contributed by atoms with van der Waals surface area (Å²) in [6, 6.07) is 26.9. The Bertz CT molecular complexity index is 1490. The number of Topliss-reactive ketones (excluding diaryl/α,β-unsaturated/α-hetero) is 1. The molecule has 1 aromatic heterocycles. The summed E-state index contributed by atoms with van der Waals surface area (Å²) in [5, 5.41) is 5.04. The number of para-hydroxylation sites is 1. The Morgan fingerprint density at radius 2 is 1.49 bits per heavy atom. The quantitative estimate of drug-likeness (QED) is 0.230. The molecular formula is C34H37N5O2. The molecule has 7 heteroatoms. The zero-order valence-corrected chi connectivity index (χ0v) is 23.4. The highest BCUT2D eigenvalue weighted by molar-refractivity contribution is 6.06. The molecule has 0 bridgehead atoms. The van der Waals surface area contributed by atoms with E-state index in [-0.39, 0.29) is 17.6 Å². The molecule has 2 heterocycles. The number of amides is 1. The van der Waals surface area contributed by atoms with Crippen molar-refractivity contribution in [2.45, 2.75) is 38.5 Å². The van der Waals surface area contributed by atoms with Crippen LogP contribution in [0.2, 0.25) is 0 Å². The number of carbonyl (C=O) groups is 2. The highest BCUT2D eigenvalue weighted by Gasteiger charge is 2.31. The minimum absolute atomic E-state index is 0.0488. The van der Waals surface area contributed by atoms with Crippen LogP contribution in [0.15, 0.2) is 84.9 Å². The number of hydrogen-bond donors (Lipinski definition) is 1. The number of fused-ring (bicyclic) bond motifs is 1. The van der Waals surface area contributed by atoms with Gasteiger partial charge in [0.15, 0.2) is 5.78 Å². The van der Waals surface area contributed by atoms with Gasteiger partial charge in [-0.2, -0.15) is 5.10 Å². The van der Waals surface area contributed by atoms with Crippen molar-refractivity contribution in [1.82, 2.24) is 14.7 Å². The van der Waals surface area contributed by atoms with Crippen LogP contribution >= 0.6 is 0 Å². The van der Waals surface area contributed by atoms with Gasteiger partial charge in [0.2, 0.25) is 0 Å². The number of nitrogen functional groups attached to an aromatic ring is 1. The number of benzene rings is 3. The maximum absolute atomic E-state index is 14.2. The van der Waals surface area contributed by atoms with Gasteiger partial charge in [0.25, 0.3) is 5.91 Å². The number of ketones is 1. The van der Waals surface area contributed by atoms with Crippen LogP contribution in [-0.4, -0.2) is 52.5 Å². The summed E-state index contributed by atoms with van der Waals surface area (Å²) in [6.45, 7) is 2.93. The molecule has 4 aromatic rings. The van der Waals surface area contributed by atoms with E-state index in [2.05, 4.69) is 4.90 Å². The lowest BCUT2D eigenvalue weighted by Gasteiger charge is -2.33. The largest absolute Gasteiger partial charge is 0.399 e. The van der Waals surface area contributed by atoms with Gasteiger partial charge in [-0.25, -0.2) is 4.68 Å². The number of aromatic nitrogens is 2.